The fourth-order valence-corrected chi connectivity index (χ4v) is 1.98. The van der Waals surface area contributed by atoms with Gasteiger partial charge in [0, 0.05) is 12.2 Å². The summed E-state index contributed by atoms with van der Waals surface area (Å²) >= 11 is 0. The Morgan fingerprint density at radius 2 is 2.22 bits per heavy atom. The molecule has 0 radical (unpaired) electrons. The molecule has 0 spiro atoms. The van der Waals surface area contributed by atoms with Crippen molar-refractivity contribution in [3.8, 4) is 0 Å². The normalized spacial score (nSPS) is 13.0. The van der Waals surface area contributed by atoms with E-state index in [0.717, 1.165) is 19.4 Å². The second-order valence-corrected chi connectivity index (χ2v) is 4.45. The minimum atomic E-state index is -0.0673. The summed E-state index contributed by atoms with van der Waals surface area (Å²) in [5.41, 5.74) is 0.634. The van der Waals surface area contributed by atoms with Crippen LogP contribution in [0.3, 0.4) is 0 Å². The van der Waals surface area contributed by atoms with Crippen LogP contribution >= 0.6 is 0 Å². The molecule has 18 heavy (non-hydrogen) atoms. The minimum absolute atomic E-state index is 0.0673. The highest BCUT2D eigenvalue weighted by molar-refractivity contribution is 5.35. The Morgan fingerprint density at radius 1 is 1.39 bits per heavy atom. The number of hydrogen-bond donors (Lipinski definition) is 1. The van der Waals surface area contributed by atoms with Gasteiger partial charge in [-0.1, -0.05) is 19.9 Å². The summed E-state index contributed by atoms with van der Waals surface area (Å²) in [4.78, 5) is 12.1. The second kappa shape index (κ2) is 5.82. The minimum Gasteiger partial charge on any atom is -0.312 e. The van der Waals surface area contributed by atoms with E-state index in [0.29, 0.717) is 18.2 Å². The highest BCUT2D eigenvalue weighted by Gasteiger charge is 2.11. The van der Waals surface area contributed by atoms with Crippen molar-refractivity contribution in [2.75, 3.05) is 6.54 Å². The molecular formula is C13H20N4O. The van der Waals surface area contributed by atoms with E-state index in [1.807, 2.05) is 18.2 Å². The van der Waals surface area contributed by atoms with E-state index in [4.69, 9.17) is 0 Å². The molecule has 1 atom stereocenters. The van der Waals surface area contributed by atoms with Gasteiger partial charge in [-0.2, -0.15) is 0 Å². The zero-order valence-corrected chi connectivity index (χ0v) is 11.0. The summed E-state index contributed by atoms with van der Waals surface area (Å²) in [6, 6.07) is 5.87. The van der Waals surface area contributed by atoms with Crippen molar-refractivity contribution in [3.05, 3.63) is 34.9 Å². The molecule has 0 saturated heterocycles. The molecule has 0 aliphatic carbocycles. The second-order valence-electron chi connectivity index (χ2n) is 4.45. The molecule has 98 valence electrons. The van der Waals surface area contributed by atoms with Crippen molar-refractivity contribution in [1.82, 2.24) is 19.5 Å². The van der Waals surface area contributed by atoms with Crippen LogP contribution in [0.15, 0.2) is 29.2 Å². The molecule has 0 aliphatic rings. The molecule has 0 bridgehead atoms. The van der Waals surface area contributed by atoms with E-state index in [1.165, 1.54) is 0 Å². The topological polar surface area (TPSA) is 51.3 Å². The molecule has 0 aromatic carbocycles. The third-order valence-corrected chi connectivity index (χ3v) is 3.06. The fourth-order valence-electron chi connectivity index (χ4n) is 1.98. The average molecular weight is 248 g/mol. The van der Waals surface area contributed by atoms with Crippen molar-refractivity contribution in [2.24, 2.45) is 0 Å². The Hall–Kier alpha value is -1.62. The van der Waals surface area contributed by atoms with Crippen molar-refractivity contribution in [3.63, 3.8) is 0 Å². The molecular weight excluding hydrogens is 228 g/mol. The van der Waals surface area contributed by atoms with E-state index in [-0.39, 0.29) is 5.69 Å². The third-order valence-electron chi connectivity index (χ3n) is 3.06. The smallest absolute Gasteiger partial charge is 0.312 e. The average Bonchev–Trinajstić information content (AvgIpc) is 2.72. The van der Waals surface area contributed by atoms with Crippen LogP contribution in [0, 0.1) is 0 Å². The van der Waals surface area contributed by atoms with Gasteiger partial charge in [-0.15, -0.1) is 5.10 Å². The monoisotopic (exact) mass is 248 g/mol. The van der Waals surface area contributed by atoms with Gasteiger partial charge in [-0.3, -0.25) is 4.40 Å². The van der Waals surface area contributed by atoms with Gasteiger partial charge in [0.1, 0.15) is 0 Å². The van der Waals surface area contributed by atoms with E-state index < -0.39 is 0 Å². The molecule has 5 nitrogen and oxygen atoms in total. The lowest BCUT2D eigenvalue weighted by Gasteiger charge is -2.15. The van der Waals surface area contributed by atoms with Crippen LogP contribution in [0.2, 0.25) is 0 Å². The zero-order chi connectivity index (χ0) is 13.0. The van der Waals surface area contributed by atoms with Crippen LogP contribution in [0.1, 0.15) is 26.7 Å². The van der Waals surface area contributed by atoms with Crippen molar-refractivity contribution >= 4 is 5.65 Å². The van der Waals surface area contributed by atoms with Crippen LogP contribution in [0.25, 0.3) is 5.65 Å². The maximum absolute atomic E-state index is 12.1. The van der Waals surface area contributed by atoms with Gasteiger partial charge in [0.05, 0.1) is 6.54 Å². The number of fused-ring (bicyclic) bond motifs is 1. The number of nitrogens with zero attached hydrogens (tertiary/aromatic N) is 3. The van der Waals surface area contributed by atoms with Crippen LogP contribution in [-0.2, 0) is 6.54 Å². The van der Waals surface area contributed by atoms with E-state index >= 15 is 0 Å². The number of hydrogen-bond acceptors (Lipinski definition) is 3. The van der Waals surface area contributed by atoms with Crippen LogP contribution in [-0.4, -0.2) is 26.8 Å². The Kier molecular flexibility index (Phi) is 4.15. The van der Waals surface area contributed by atoms with Gasteiger partial charge in [0.25, 0.3) is 0 Å². The van der Waals surface area contributed by atoms with E-state index in [1.54, 1.807) is 15.3 Å². The first-order valence-electron chi connectivity index (χ1n) is 6.53. The highest BCUT2D eigenvalue weighted by atomic mass is 16.2. The largest absolute Gasteiger partial charge is 0.350 e. The van der Waals surface area contributed by atoms with E-state index in [2.05, 4.69) is 24.3 Å². The Balaban J connectivity index is 2.20. The number of nitrogens with one attached hydrogen (secondary N) is 1. The van der Waals surface area contributed by atoms with Crippen LogP contribution in [0.4, 0.5) is 0 Å². The molecule has 0 amide bonds. The fraction of sp³-hybridized carbons (Fsp3) is 0.538. The molecule has 2 heterocycles. The number of aromatic nitrogens is 3. The molecule has 0 aliphatic heterocycles. The van der Waals surface area contributed by atoms with Crippen molar-refractivity contribution in [2.45, 2.75) is 39.3 Å². The van der Waals surface area contributed by atoms with Crippen LogP contribution < -0.4 is 11.0 Å². The van der Waals surface area contributed by atoms with Crippen LogP contribution in [0.5, 0.6) is 0 Å². The summed E-state index contributed by atoms with van der Waals surface area (Å²) in [7, 11) is 0. The molecule has 0 saturated carbocycles. The number of rotatable bonds is 6. The van der Waals surface area contributed by atoms with E-state index in [9.17, 15) is 4.79 Å². The van der Waals surface area contributed by atoms with Gasteiger partial charge in [-0.05, 0) is 31.5 Å². The van der Waals surface area contributed by atoms with Gasteiger partial charge < -0.3 is 5.32 Å². The van der Waals surface area contributed by atoms with Gasteiger partial charge in [0.15, 0.2) is 5.65 Å². The first kappa shape index (κ1) is 12.8. The first-order chi connectivity index (χ1) is 8.76. The standard InChI is InChI=1S/C13H20N4O/c1-3-8-14-11(4-2)10-17-13(18)16-9-6-5-7-12(16)15-17/h5-7,9,11,14H,3-4,8,10H2,1-2H3. The third kappa shape index (κ3) is 2.61. The molecule has 0 fully saturated rings. The summed E-state index contributed by atoms with van der Waals surface area (Å²) in [5, 5.41) is 7.77. The zero-order valence-electron chi connectivity index (χ0n) is 11.0. The summed E-state index contributed by atoms with van der Waals surface area (Å²) in [5.74, 6) is 0. The first-order valence-corrected chi connectivity index (χ1v) is 6.53. The molecule has 2 aromatic heterocycles. The van der Waals surface area contributed by atoms with Gasteiger partial charge >= 0.3 is 5.69 Å². The molecule has 1 unspecified atom stereocenters. The van der Waals surface area contributed by atoms with Crippen molar-refractivity contribution < 1.29 is 0 Å². The number of pyridine rings is 1. The predicted octanol–water partition coefficient (Wildman–Crippen LogP) is 1.27. The molecule has 2 aromatic rings. The summed E-state index contributed by atoms with van der Waals surface area (Å²) in [6.45, 7) is 5.85. The Morgan fingerprint density at radius 3 is 2.89 bits per heavy atom. The molecule has 1 N–H and O–H groups in total. The predicted molar refractivity (Wildman–Crippen MR) is 71.8 cm³/mol. The quantitative estimate of drug-likeness (QED) is 0.837. The summed E-state index contributed by atoms with van der Waals surface area (Å²) in [6.07, 6.45) is 3.83. The Labute approximate surface area is 106 Å². The lowest BCUT2D eigenvalue weighted by molar-refractivity contribution is 0.410. The van der Waals surface area contributed by atoms with Crippen molar-refractivity contribution in [1.29, 1.82) is 0 Å². The Bertz CT molecular complexity index is 557. The van der Waals surface area contributed by atoms with Gasteiger partial charge in [-0.25, -0.2) is 9.48 Å². The molecule has 2 rings (SSSR count). The lowest BCUT2D eigenvalue weighted by Crippen LogP contribution is -2.36. The SMILES string of the molecule is CCCNC(CC)Cn1nc2ccccn2c1=O. The maximum atomic E-state index is 12.1. The maximum Gasteiger partial charge on any atom is 0.350 e. The lowest BCUT2D eigenvalue weighted by atomic mass is 10.2. The highest BCUT2D eigenvalue weighted by Crippen LogP contribution is 1.98. The molecule has 5 heteroatoms. The summed E-state index contributed by atoms with van der Waals surface area (Å²) < 4.78 is 3.12. The van der Waals surface area contributed by atoms with Gasteiger partial charge in [0.2, 0.25) is 0 Å².